The zero-order valence-corrected chi connectivity index (χ0v) is 25.1. The van der Waals surface area contributed by atoms with E-state index >= 15 is 0 Å². The van der Waals surface area contributed by atoms with Gasteiger partial charge in [0.1, 0.15) is 6.61 Å². The lowest BCUT2D eigenvalue weighted by atomic mass is 9.97. The Balaban J connectivity index is 2.27. The van der Waals surface area contributed by atoms with E-state index in [1.807, 2.05) is 20.8 Å². The second-order valence-electron chi connectivity index (χ2n) is 11.4. The van der Waals surface area contributed by atoms with Crippen molar-refractivity contribution in [2.75, 3.05) is 26.2 Å². The van der Waals surface area contributed by atoms with Crippen LogP contribution in [0.5, 0.6) is 0 Å². The lowest BCUT2D eigenvalue weighted by Gasteiger charge is -2.53. The van der Waals surface area contributed by atoms with E-state index in [0.717, 1.165) is 19.6 Å². The first-order chi connectivity index (χ1) is 17.6. The second-order valence-corrected chi connectivity index (χ2v) is 16.2. The van der Waals surface area contributed by atoms with Crippen LogP contribution in [0.25, 0.3) is 0 Å². The number of β-lactam (4-membered cyclic amide) rings is 1. The maximum absolute atomic E-state index is 13.5. The van der Waals surface area contributed by atoms with Gasteiger partial charge in [0.05, 0.1) is 31.0 Å². The summed E-state index contributed by atoms with van der Waals surface area (Å²) < 4.78 is 12.3. The number of hydrogen-bond donors (Lipinski definition) is 0. The number of Topliss-reactive ketones (excluding diaryl/α,β-unsaturated/α-hetero) is 1. The first kappa shape index (κ1) is 31.6. The van der Waals surface area contributed by atoms with Crippen LogP contribution in [0.2, 0.25) is 18.1 Å². The van der Waals surface area contributed by atoms with Gasteiger partial charge in [-0.25, -0.2) is 4.79 Å². The van der Waals surface area contributed by atoms with Crippen LogP contribution >= 0.6 is 0 Å². The smallest absolute Gasteiger partial charge is 0.337 e. The first-order valence-electron chi connectivity index (χ1n) is 13.4. The molecule has 2 unspecified atom stereocenters. The van der Waals surface area contributed by atoms with Crippen LogP contribution in [0.3, 0.4) is 0 Å². The Hall–Kier alpha value is -2.63. The van der Waals surface area contributed by atoms with Crippen molar-refractivity contribution in [3.05, 3.63) is 39.9 Å². The number of ketones is 1. The lowest BCUT2D eigenvalue weighted by Crippen LogP contribution is -2.74. The minimum absolute atomic E-state index is 0.00924. The molecule has 2 rings (SSSR count). The average Bonchev–Trinajstić information content (AvgIpc) is 2.85. The number of hydrogen-bond acceptors (Lipinski definition) is 7. The molecule has 0 saturated carbocycles. The monoisotopic (exact) mass is 550 g/mol. The maximum atomic E-state index is 13.5. The topological polar surface area (TPSA) is 116 Å². The molecule has 1 heterocycles. The Morgan fingerprint density at radius 1 is 1.13 bits per heavy atom. The van der Waals surface area contributed by atoms with Crippen molar-refractivity contribution < 1.29 is 33.0 Å². The van der Waals surface area contributed by atoms with Crippen molar-refractivity contribution in [2.24, 2.45) is 0 Å². The number of non-ortho nitro benzene ring substituents is 1. The van der Waals surface area contributed by atoms with Crippen LogP contribution < -0.4 is 0 Å². The Morgan fingerprint density at radius 2 is 1.68 bits per heavy atom. The number of esters is 1. The molecule has 38 heavy (non-hydrogen) atoms. The number of carbonyl (C=O) groups is 3. The van der Waals surface area contributed by atoms with Gasteiger partial charge in [-0.1, -0.05) is 20.8 Å². The summed E-state index contributed by atoms with van der Waals surface area (Å²) in [4.78, 5) is 51.6. The summed E-state index contributed by atoms with van der Waals surface area (Å²) in [6.07, 6.45) is -0.0234. The molecule has 1 amide bonds. The number of nitro groups is 1. The maximum Gasteiger partial charge on any atom is 0.337 e. The number of benzene rings is 1. The minimum Gasteiger partial charge on any atom is -0.459 e. The van der Waals surface area contributed by atoms with Crippen molar-refractivity contribution in [1.29, 1.82) is 0 Å². The highest BCUT2D eigenvalue weighted by molar-refractivity contribution is 6.74. The molecule has 10 nitrogen and oxygen atoms in total. The summed E-state index contributed by atoms with van der Waals surface area (Å²) in [5.74, 6) is -1.44. The summed E-state index contributed by atoms with van der Waals surface area (Å²) in [5.41, 5.74) is 0.473. The molecule has 1 aliphatic rings. The summed E-state index contributed by atoms with van der Waals surface area (Å²) in [5, 5.41) is 10.9. The molecule has 0 aliphatic carbocycles. The van der Waals surface area contributed by atoms with E-state index < -0.39 is 31.0 Å². The van der Waals surface area contributed by atoms with Gasteiger partial charge in [0.15, 0.2) is 26.3 Å². The Bertz CT molecular complexity index is 1010. The molecule has 1 aliphatic heterocycles. The fourth-order valence-electron chi connectivity index (χ4n) is 4.60. The van der Waals surface area contributed by atoms with Gasteiger partial charge in [-0.3, -0.25) is 24.6 Å². The van der Waals surface area contributed by atoms with E-state index in [2.05, 4.69) is 33.9 Å². The van der Waals surface area contributed by atoms with Gasteiger partial charge in [0, 0.05) is 25.2 Å². The van der Waals surface area contributed by atoms with Crippen molar-refractivity contribution in [1.82, 2.24) is 4.90 Å². The van der Waals surface area contributed by atoms with Crippen molar-refractivity contribution >= 4 is 31.7 Å². The third-order valence-electron chi connectivity index (χ3n) is 8.44. The van der Waals surface area contributed by atoms with Crippen LogP contribution in [0.1, 0.15) is 59.9 Å². The molecular formula is C27H44N3O7Si+. The highest BCUT2D eigenvalue weighted by Crippen LogP contribution is 2.37. The third-order valence-corrected chi connectivity index (χ3v) is 13.0. The molecule has 0 radical (unpaired) electrons. The van der Waals surface area contributed by atoms with Gasteiger partial charge in [0.2, 0.25) is 5.91 Å². The number of nitrogens with zero attached hydrogens (tertiary/aromatic N) is 3. The highest BCUT2D eigenvalue weighted by Gasteiger charge is 2.55. The molecule has 1 aromatic rings. The molecular weight excluding hydrogens is 506 g/mol. The van der Waals surface area contributed by atoms with E-state index in [9.17, 15) is 24.5 Å². The van der Waals surface area contributed by atoms with Crippen LogP contribution in [0.15, 0.2) is 24.3 Å². The van der Waals surface area contributed by atoms with Gasteiger partial charge in [-0.2, -0.15) is 0 Å². The van der Waals surface area contributed by atoms with Crippen molar-refractivity contribution in [2.45, 2.75) is 91.3 Å². The van der Waals surface area contributed by atoms with Crippen LogP contribution in [-0.4, -0.2) is 78.7 Å². The summed E-state index contributed by atoms with van der Waals surface area (Å²) in [6.45, 7) is 18.9. The second kappa shape index (κ2) is 12.5. The minimum atomic E-state index is -2.10. The first-order valence-corrected chi connectivity index (χ1v) is 16.3. The highest BCUT2D eigenvalue weighted by atomic mass is 28.4. The molecule has 0 N–H and O–H groups in total. The quantitative estimate of drug-likeness (QED) is 0.0640. The SMILES string of the molecule is CC[N+](CC)(CC)C1CC(=O)N1C(C(=O)CCO[Si](C)(C)C(C)(C)C)C(=O)OCc1ccc([N+](=O)[O-])cc1. The zero-order valence-electron chi connectivity index (χ0n) is 24.1. The summed E-state index contributed by atoms with van der Waals surface area (Å²) >= 11 is 0. The van der Waals surface area contributed by atoms with Crippen LogP contribution in [0.4, 0.5) is 5.69 Å². The number of carbonyl (C=O) groups excluding carboxylic acids is 3. The van der Waals surface area contributed by atoms with E-state index in [1.54, 1.807) is 0 Å². The summed E-state index contributed by atoms with van der Waals surface area (Å²) in [7, 11) is -2.10. The Morgan fingerprint density at radius 3 is 2.13 bits per heavy atom. The van der Waals surface area contributed by atoms with E-state index in [1.165, 1.54) is 29.2 Å². The predicted molar refractivity (Wildman–Crippen MR) is 147 cm³/mol. The summed E-state index contributed by atoms with van der Waals surface area (Å²) in [6, 6.07) is 4.30. The fraction of sp³-hybridized carbons (Fsp3) is 0.667. The number of ether oxygens (including phenoxy) is 1. The number of quaternary nitrogens is 1. The number of nitro benzene ring substituents is 1. The van der Waals surface area contributed by atoms with Gasteiger partial charge in [-0.15, -0.1) is 0 Å². The normalized spacial score (nSPS) is 17.1. The van der Waals surface area contributed by atoms with Gasteiger partial charge < -0.3 is 13.6 Å². The Labute approximate surface area is 227 Å². The molecule has 0 bridgehead atoms. The van der Waals surface area contributed by atoms with Gasteiger partial charge >= 0.3 is 5.97 Å². The molecule has 212 valence electrons. The number of likely N-dealkylation sites (tertiary alicyclic amines) is 1. The Kier molecular flexibility index (Phi) is 10.4. The number of rotatable bonds is 14. The third kappa shape index (κ3) is 6.86. The molecule has 1 aromatic carbocycles. The van der Waals surface area contributed by atoms with E-state index in [-0.39, 0.29) is 48.9 Å². The molecule has 0 aromatic heterocycles. The fourth-order valence-corrected chi connectivity index (χ4v) is 5.64. The van der Waals surface area contributed by atoms with Crippen molar-refractivity contribution in [3.8, 4) is 0 Å². The molecule has 11 heteroatoms. The average molecular weight is 551 g/mol. The largest absolute Gasteiger partial charge is 0.459 e. The predicted octanol–water partition coefficient (Wildman–Crippen LogP) is 4.42. The van der Waals surface area contributed by atoms with Crippen molar-refractivity contribution in [3.63, 3.8) is 0 Å². The molecule has 1 saturated heterocycles. The zero-order chi connectivity index (χ0) is 28.9. The molecule has 1 fully saturated rings. The van der Waals surface area contributed by atoms with E-state index in [4.69, 9.17) is 9.16 Å². The molecule has 2 atom stereocenters. The standard InChI is InChI=1S/C27H44N3O7Si/c1-9-30(10-2,11-3)23-18-24(32)28(23)25(22(31)16-17-37-38(7,8)27(4,5)6)26(33)36-19-20-12-14-21(15-13-20)29(34)35/h12-15,23,25H,9-11,16-19H2,1-8H3/q+1. The van der Waals surface area contributed by atoms with E-state index in [0.29, 0.717) is 10.0 Å². The van der Waals surface area contributed by atoms with Crippen LogP contribution in [-0.2, 0) is 30.2 Å². The van der Waals surface area contributed by atoms with Gasteiger partial charge in [0.25, 0.3) is 5.69 Å². The van der Waals surface area contributed by atoms with Gasteiger partial charge in [-0.05, 0) is 56.6 Å². The lowest BCUT2D eigenvalue weighted by molar-refractivity contribution is -0.959. The molecule has 0 spiro atoms. The number of amides is 1. The van der Waals surface area contributed by atoms with Crippen LogP contribution in [0, 0.1) is 10.1 Å².